The van der Waals surface area contributed by atoms with Crippen molar-refractivity contribution >= 4 is 0 Å². The lowest BCUT2D eigenvalue weighted by Crippen LogP contribution is -2.38. The molecule has 0 fully saturated rings. The summed E-state index contributed by atoms with van der Waals surface area (Å²) in [5, 5.41) is 0. The zero-order chi connectivity index (χ0) is 17.0. The van der Waals surface area contributed by atoms with E-state index in [1.165, 1.54) is 5.69 Å². The molecule has 0 aliphatic heterocycles. The van der Waals surface area contributed by atoms with E-state index >= 15 is 0 Å². The number of nitrogens with zero attached hydrogens (tertiary/aromatic N) is 5. The van der Waals surface area contributed by atoms with E-state index in [2.05, 4.69) is 88.9 Å². The van der Waals surface area contributed by atoms with Gasteiger partial charge < -0.3 is 0 Å². The first-order chi connectivity index (χ1) is 11.6. The van der Waals surface area contributed by atoms with Crippen molar-refractivity contribution in [3.05, 3.63) is 67.5 Å². The maximum atomic E-state index is 4.74. The van der Waals surface area contributed by atoms with Crippen LogP contribution in [0.4, 0.5) is 0 Å². The first-order valence-electron chi connectivity index (χ1n) is 8.55. The minimum Gasteiger partial charge on any atom is -0.260 e. The van der Waals surface area contributed by atoms with Gasteiger partial charge in [-0.3, -0.25) is 4.98 Å². The third-order valence-corrected chi connectivity index (χ3v) is 4.55. The van der Waals surface area contributed by atoms with Crippen LogP contribution in [-0.4, -0.2) is 14.1 Å². The first-order valence-corrected chi connectivity index (χ1v) is 8.55. The smallest absolute Gasteiger partial charge is 0.243 e. The third kappa shape index (κ3) is 3.55. The van der Waals surface area contributed by atoms with Crippen LogP contribution in [0.3, 0.4) is 0 Å². The van der Waals surface area contributed by atoms with Crippen LogP contribution in [0.1, 0.15) is 25.5 Å². The predicted molar refractivity (Wildman–Crippen MR) is 92.0 cm³/mol. The van der Waals surface area contributed by atoms with Gasteiger partial charge in [-0.2, -0.15) is 0 Å². The van der Waals surface area contributed by atoms with Crippen molar-refractivity contribution in [1.29, 1.82) is 0 Å². The van der Waals surface area contributed by atoms with Gasteiger partial charge in [0.05, 0.1) is 25.2 Å². The van der Waals surface area contributed by atoms with Gasteiger partial charge in [0.1, 0.15) is 37.9 Å². The Labute approximate surface area is 143 Å². The average Bonchev–Trinajstić information content (AvgIpc) is 3.16. The van der Waals surface area contributed by atoms with Crippen molar-refractivity contribution in [1.82, 2.24) is 14.1 Å². The van der Waals surface area contributed by atoms with Crippen LogP contribution in [0.15, 0.2) is 61.8 Å². The van der Waals surface area contributed by atoms with E-state index in [0.29, 0.717) is 0 Å². The molecule has 3 aromatic heterocycles. The molecule has 3 heterocycles. The van der Waals surface area contributed by atoms with Crippen LogP contribution in [-0.2, 0) is 32.6 Å². The third-order valence-electron chi connectivity index (χ3n) is 4.55. The monoisotopic (exact) mass is 325 g/mol. The summed E-state index contributed by atoms with van der Waals surface area (Å²) < 4.78 is 8.72. The molecule has 0 atom stereocenters. The van der Waals surface area contributed by atoms with E-state index in [-0.39, 0.29) is 5.41 Å². The standard InChI is InChI=1S/C19H27N5/c1-4-8-19(18-7-5-6-9-20-18,14-23-12-10-21(2)16-23)15-24-13-11-22(3)17-24/h5-7,9-13,16-17H,4,8,14-15H2,1-3H3/q+2. The Kier molecular flexibility index (Phi) is 4.79. The normalized spacial score (nSPS) is 11.8. The Morgan fingerprint density at radius 1 is 1.00 bits per heavy atom. The largest absolute Gasteiger partial charge is 0.260 e. The quantitative estimate of drug-likeness (QED) is 0.609. The number of pyridine rings is 1. The Morgan fingerprint density at radius 3 is 2.04 bits per heavy atom. The summed E-state index contributed by atoms with van der Waals surface area (Å²) in [5.41, 5.74) is 1.13. The Hall–Kier alpha value is -2.43. The number of hydrogen-bond donors (Lipinski definition) is 0. The summed E-state index contributed by atoms with van der Waals surface area (Å²) in [7, 11) is 4.12. The van der Waals surface area contributed by atoms with Crippen LogP contribution in [0, 0.1) is 0 Å². The predicted octanol–water partition coefficient (Wildman–Crippen LogP) is 1.77. The first kappa shape index (κ1) is 16.4. The minimum atomic E-state index is -0.0337. The van der Waals surface area contributed by atoms with Gasteiger partial charge in [-0.25, -0.2) is 18.3 Å². The fourth-order valence-electron chi connectivity index (χ4n) is 3.54. The van der Waals surface area contributed by atoms with Gasteiger partial charge in [0, 0.05) is 6.20 Å². The fraction of sp³-hybridized carbons (Fsp3) is 0.421. The average molecular weight is 325 g/mol. The Bertz CT molecular complexity index is 730. The second kappa shape index (κ2) is 6.99. The molecule has 3 aromatic rings. The molecule has 126 valence electrons. The lowest BCUT2D eigenvalue weighted by molar-refractivity contribution is -0.671. The summed E-state index contributed by atoms with van der Waals surface area (Å²) in [5.74, 6) is 0. The summed E-state index contributed by atoms with van der Waals surface area (Å²) in [6, 6.07) is 6.26. The molecule has 0 bridgehead atoms. The van der Waals surface area contributed by atoms with Crippen LogP contribution in [0.5, 0.6) is 0 Å². The highest BCUT2D eigenvalue weighted by atomic mass is 15.1. The van der Waals surface area contributed by atoms with Gasteiger partial charge >= 0.3 is 0 Å². The lowest BCUT2D eigenvalue weighted by atomic mass is 9.79. The topological polar surface area (TPSA) is 30.5 Å². The van der Waals surface area contributed by atoms with Crippen molar-refractivity contribution in [2.24, 2.45) is 14.1 Å². The molecule has 3 rings (SSSR count). The summed E-state index contributed by atoms with van der Waals surface area (Å²) in [6.45, 7) is 4.09. The van der Waals surface area contributed by atoms with E-state index in [1.54, 1.807) is 0 Å². The van der Waals surface area contributed by atoms with Crippen LogP contribution in [0.2, 0.25) is 0 Å². The van der Waals surface area contributed by atoms with Crippen LogP contribution < -0.4 is 9.13 Å². The summed E-state index contributed by atoms with van der Waals surface area (Å²) >= 11 is 0. The van der Waals surface area contributed by atoms with Crippen molar-refractivity contribution < 1.29 is 9.13 Å². The second-order valence-electron chi connectivity index (χ2n) is 6.75. The SMILES string of the molecule is CCCC(Cn1cc[n+](C)c1)(Cn1cc[n+](C)c1)c1ccccn1. The number of aryl methyl sites for hydroxylation is 2. The molecule has 0 spiro atoms. The van der Waals surface area contributed by atoms with Gasteiger partial charge in [0.15, 0.2) is 0 Å². The molecule has 0 saturated heterocycles. The van der Waals surface area contributed by atoms with Gasteiger partial charge in [-0.1, -0.05) is 19.4 Å². The van der Waals surface area contributed by atoms with E-state index in [9.17, 15) is 0 Å². The zero-order valence-electron chi connectivity index (χ0n) is 14.8. The highest BCUT2D eigenvalue weighted by Gasteiger charge is 2.38. The maximum Gasteiger partial charge on any atom is 0.243 e. The molecule has 0 aliphatic rings. The minimum absolute atomic E-state index is 0.0337. The van der Waals surface area contributed by atoms with Crippen molar-refractivity contribution in [2.45, 2.75) is 38.3 Å². The van der Waals surface area contributed by atoms with Crippen molar-refractivity contribution in [3.63, 3.8) is 0 Å². The summed E-state index contributed by atoms with van der Waals surface area (Å²) in [4.78, 5) is 4.74. The zero-order valence-corrected chi connectivity index (χ0v) is 14.8. The number of rotatable bonds is 7. The molecule has 0 amide bonds. The Balaban J connectivity index is 2.02. The van der Waals surface area contributed by atoms with Crippen molar-refractivity contribution in [2.75, 3.05) is 0 Å². The van der Waals surface area contributed by atoms with Gasteiger partial charge in [-0.05, 0) is 18.6 Å². The number of imidazole rings is 2. The van der Waals surface area contributed by atoms with Crippen LogP contribution in [0.25, 0.3) is 0 Å². The number of hydrogen-bond acceptors (Lipinski definition) is 1. The molecule has 0 unspecified atom stereocenters. The highest BCUT2D eigenvalue weighted by molar-refractivity contribution is 5.17. The molecular formula is C19H27N5+2. The van der Waals surface area contributed by atoms with Crippen LogP contribution >= 0.6 is 0 Å². The van der Waals surface area contributed by atoms with E-state index in [4.69, 9.17) is 4.98 Å². The molecule has 0 N–H and O–H groups in total. The van der Waals surface area contributed by atoms with E-state index in [1.807, 2.05) is 12.3 Å². The molecule has 5 heteroatoms. The molecule has 0 radical (unpaired) electrons. The Morgan fingerprint density at radius 2 is 1.62 bits per heavy atom. The molecule has 0 aromatic carbocycles. The molecule has 0 aliphatic carbocycles. The molecule has 5 nitrogen and oxygen atoms in total. The van der Waals surface area contributed by atoms with Crippen molar-refractivity contribution in [3.8, 4) is 0 Å². The maximum absolute atomic E-state index is 4.74. The fourth-order valence-corrected chi connectivity index (χ4v) is 3.54. The molecule has 0 saturated carbocycles. The van der Waals surface area contributed by atoms with Gasteiger partial charge in [0.2, 0.25) is 12.7 Å². The van der Waals surface area contributed by atoms with Gasteiger partial charge in [0.25, 0.3) is 0 Å². The number of aromatic nitrogens is 5. The highest BCUT2D eigenvalue weighted by Crippen LogP contribution is 2.32. The summed E-state index contributed by atoms with van der Waals surface area (Å²) in [6.07, 6.45) is 16.9. The lowest BCUT2D eigenvalue weighted by Gasteiger charge is -2.29. The van der Waals surface area contributed by atoms with E-state index in [0.717, 1.165) is 25.9 Å². The van der Waals surface area contributed by atoms with Gasteiger partial charge in [-0.15, -0.1) is 0 Å². The molecular weight excluding hydrogens is 298 g/mol. The molecule has 24 heavy (non-hydrogen) atoms. The van der Waals surface area contributed by atoms with E-state index < -0.39 is 0 Å². The second-order valence-corrected chi connectivity index (χ2v) is 6.75.